The lowest BCUT2D eigenvalue weighted by atomic mass is 10.1. The number of nitro groups is 1. The van der Waals surface area contributed by atoms with Gasteiger partial charge in [0.2, 0.25) is 0 Å². The molecule has 1 heterocycles. The second-order valence-electron chi connectivity index (χ2n) is 6.34. The smallest absolute Gasteiger partial charge is 0.270 e. The fourth-order valence-electron chi connectivity index (χ4n) is 3.09. The first-order chi connectivity index (χ1) is 13.4. The number of hydrogen-bond donors (Lipinski definition) is 0. The molecule has 28 heavy (non-hydrogen) atoms. The maximum absolute atomic E-state index is 12.8. The van der Waals surface area contributed by atoms with Crippen LogP contribution in [-0.4, -0.2) is 52.7 Å². The summed E-state index contributed by atoms with van der Waals surface area (Å²) in [5.74, 6) is -0.575. The summed E-state index contributed by atoms with van der Waals surface area (Å²) in [5, 5.41) is 11.5. The zero-order valence-corrected chi connectivity index (χ0v) is 16.3. The van der Waals surface area contributed by atoms with E-state index in [0.717, 1.165) is 0 Å². The monoisotopic (exact) mass is 421 g/mol. The highest BCUT2D eigenvalue weighted by Crippen LogP contribution is 2.24. The van der Waals surface area contributed by atoms with Gasteiger partial charge < -0.3 is 9.80 Å². The quantitative estimate of drug-likeness (QED) is 0.555. The first-order valence-electron chi connectivity index (χ1n) is 8.65. The number of nitro benzene ring substituents is 1. The van der Waals surface area contributed by atoms with Crippen molar-refractivity contribution in [2.75, 3.05) is 26.2 Å². The van der Waals surface area contributed by atoms with Gasteiger partial charge in [-0.05, 0) is 24.6 Å². The van der Waals surface area contributed by atoms with E-state index < -0.39 is 4.92 Å². The molecule has 3 rings (SSSR count). The maximum Gasteiger partial charge on any atom is 0.270 e. The van der Waals surface area contributed by atoms with Crippen LogP contribution in [0, 0.1) is 10.1 Å². The largest absolute Gasteiger partial charge is 0.337 e. The molecule has 1 aliphatic rings. The number of non-ortho nitro benzene ring substituents is 1. The van der Waals surface area contributed by atoms with Crippen LogP contribution < -0.4 is 0 Å². The van der Waals surface area contributed by atoms with Crippen LogP contribution >= 0.6 is 23.2 Å². The maximum atomic E-state index is 12.8. The minimum absolute atomic E-state index is 0.0850. The number of rotatable bonds is 3. The Morgan fingerprint density at radius 1 is 0.857 bits per heavy atom. The number of carbonyl (C=O) groups is 2. The molecule has 9 heteroatoms. The third kappa shape index (κ3) is 4.26. The second kappa shape index (κ2) is 8.58. The van der Waals surface area contributed by atoms with Gasteiger partial charge in [-0.3, -0.25) is 19.7 Å². The first-order valence-corrected chi connectivity index (χ1v) is 9.41. The Kier molecular flexibility index (Phi) is 6.16. The van der Waals surface area contributed by atoms with E-state index in [2.05, 4.69) is 0 Å². The normalized spacial score (nSPS) is 14.5. The highest BCUT2D eigenvalue weighted by molar-refractivity contribution is 6.34. The molecule has 0 spiro atoms. The zero-order valence-electron chi connectivity index (χ0n) is 14.8. The summed E-state index contributed by atoms with van der Waals surface area (Å²) < 4.78 is 0. The SMILES string of the molecule is O=C(c1ccccc1Cl)N1CCCN(C(=O)c2cc([N+](=O)[O-])ccc2Cl)CC1. The Balaban J connectivity index is 1.74. The van der Waals surface area contributed by atoms with E-state index in [0.29, 0.717) is 43.2 Å². The Bertz CT molecular complexity index is 935. The molecule has 146 valence electrons. The van der Waals surface area contributed by atoms with Crippen LogP contribution in [0.15, 0.2) is 42.5 Å². The molecule has 0 aliphatic carbocycles. The third-order valence-electron chi connectivity index (χ3n) is 4.57. The van der Waals surface area contributed by atoms with Crippen molar-refractivity contribution in [1.82, 2.24) is 9.80 Å². The van der Waals surface area contributed by atoms with Crippen molar-refractivity contribution in [3.05, 3.63) is 73.8 Å². The molecule has 0 radical (unpaired) electrons. The summed E-state index contributed by atoms with van der Waals surface area (Å²) in [6, 6.07) is 10.6. The summed E-state index contributed by atoms with van der Waals surface area (Å²) in [6.07, 6.45) is 0.578. The predicted molar refractivity (Wildman–Crippen MR) is 106 cm³/mol. The fourth-order valence-corrected chi connectivity index (χ4v) is 3.50. The van der Waals surface area contributed by atoms with E-state index in [1.54, 1.807) is 34.1 Å². The van der Waals surface area contributed by atoms with Crippen molar-refractivity contribution in [3.63, 3.8) is 0 Å². The molecule has 0 saturated carbocycles. The van der Waals surface area contributed by atoms with E-state index in [1.165, 1.54) is 18.2 Å². The standard InChI is InChI=1S/C19H17Cl2N3O4/c20-16-5-2-1-4-14(16)18(25)22-8-3-9-23(11-10-22)19(26)15-12-13(24(27)28)6-7-17(15)21/h1-2,4-7,12H,3,8-11H2. The van der Waals surface area contributed by atoms with Gasteiger partial charge in [-0.15, -0.1) is 0 Å². The number of nitrogens with zero attached hydrogens (tertiary/aromatic N) is 3. The van der Waals surface area contributed by atoms with Gasteiger partial charge in [0, 0.05) is 38.3 Å². The van der Waals surface area contributed by atoms with Gasteiger partial charge in [-0.2, -0.15) is 0 Å². The lowest BCUT2D eigenvalue weighted by Gasteiger charge is -2.23. The third-order valence-corrected chi connectivity index (χ3v) is 5.22. The van der Waals surface area contributed by atoms with Crippen LogP contribution in [0.4, 0.5) is 5.69 Å². The number of benzene rings is 2. The van der Waals surface area contributed by atoms with Crippen LogP contribution in [0.25, 0.3) is 0 Å². The number of hydrogen-bond acceptors (Lipinski definition) is 4. The van der Waals surface area contributed by atoms with Gasteiger partial charge in [0.25, 0.3) is 17.5 Å². The van der Waals surface area contributed by atoms with E-state index in [4.69, 9.17) is 23.2 Å². The van der Waals surface area contributed by atoms with E-state index in [-0.39, 0.29) is 28.1 Å². The average molecular weight is 422 g/mol. The fraction of sp³-hybridized carbons (Fsp3) is 0.263. The van der Waals surface area contributed by atoms with Crippen LogP contribution in [-0.2, 0) is 0 Å². The molecular formula is C19H17Cl2N3O4. The summed E-state index contributed by atoms with van der Waals surface area (Å²) in [6.45, 7) is 1.54. The van der Waals surface area contributed by atoms with Gasteiger partial charge in [0.15, 0.2) is 0 Å². The van der Waals surface area contributed by atoms with Crippen molar-refractivity contribution in [1.29, 1.82) is 0 Å². The summed E-state index contributed by atoms with van der Waals surface area (Å²) in [7, 11) is 0. The van der Waals surface area contributed by atoms with Crippen LogP contribution in [0.2, 0.25) is 10.0 Å². The lowest BCUT2D eigenvalue weighted by Crippen LogP contribution is -2.37. The predicted octanol–water partition coefficient (Wildman–Crippen LogP) is 3.89. The minimum Gasteiger partial charge on any atom is -0.337 e. The molecule has 2 aromatic rings. The first kappa shape index (κ1) is 20.1. The van der Waals surface area contributed by atoms with Gasteiger partial charge in [-0.25, -0.2) is 0 Å². The lowest BCUT2D eigenvalue weighted by molar-refractivity contribution is -0.384. The summed E-state index contributed by atoms with van der Waals surface area (Å²) >= 11 is 12.2. The highest BCUT2D eigenvalue weighted by atomic mass is 35.5. The van der Waals surface area contributed by atoms with Crippen molar-refractivity contribution in [3.8, 4) is 0 Å². The van der Waals surface area contributed by atoms with Gasteiger partial charge in [0.05, 0.1) is 26.1 Å². The molecule has 0 unspecified atom stereocenters. The van der Waals surface area contributed by atoms with Gasteiger partial charge >= 0.3 is 0 Å². The summed E-state index contributed by atoms with van der Waals surface area (Å²) in [5.41, 5.74) is 0.311. The molecule has 1 saturated heterocycles. The molecule has 0 aromatic heterocycles. The molecule has 1 fully saturated rings. The van der Waals surface area contributed by atoms with E-state index >= 15 is 0 Å². The molecule has 0 bridgehead atoms. The van der Waals surface area contributed by atoms with Crippen LogP contribution in [0.3, 0.4) is 0 Å². The Morgan fingerprint density at radius 3 is 2.04 bits per heavy atom. The van der Waals surface area contributed by atoms with Gasteiger partial charge in [-0.1, -0.05) is 35.3 Å². The Hall–Kier alpha value is -2.64. The topological polar surface area (TPSA) is 83.8 Å². The zero-order chi connectivity index (χ0) is 20.3. The van der Waals surface area contributed by atoms with Crippen molar-refractivity contribution < 1.29 is 14.5 Å². The molecule has 1 aliphatic heterocycles. The summed E-state index contributed by atoms with van der Waals surface area (Å²) in [4.78, 5) is 39.2. The Labute approximate surface area is 171 Å². The van der Waals surface area contributed by atoms with Crippen LogP contribution in [0.5, 0.6) is 0 Å². The molecule has 2 amide bonds. The minimum atomic E-state index is -0.570. The van der Waals surface area contributed by atoms with E-state index in [1.807, 2.05) is 0 Å². The number of halogens is 2. The number of carbonyl (C=O) groups excluding carboxylic acids is 2. The molecule has 0 atom stereocenters. The molecule has 7 nitrogen and oxygen atoms in total. The molecule has 0 N–H and O–H groups in total. The van der Waals surface area contributed by atoms with Crippen molar-refractivity contribution in [2.45, 2.75) is 6.42 Å². The molecule has 2 aromatic carbocycles. The Morgan fingerprint density at radius 2 is 1.43 bits per heavy atom. The van der Waals surface area contributed by atoms with Crippen molar-refractivity contribution in [2.24, 2.45) is 0 Å². The van der Waals surface area contributed by atoms with Crippen LogP contribution in [0.1, 0.15) is 27.1 Å². The van der Waals surface area contributed by atoms with Gasteiger partial charge in [0.1, 0.15) is 0 Å². The average Bonchev–Trinajstić information content (AvgIpc) is 2.94. The van der Waals surface area contributed by atoms with Crippen molar-refractivity contribution >= 4 is 40.7 Å². The number of amides is 2. The highest BCUT2D eigenvalue weighted by Gasteiger charge is 2.26. The second-order valence-corrected chi connectivity index (χ2v) is 7.15. The molecular weight excluding hydrogens is 405 g/mol. The van der Waals surface area contributed by atoms with E-state index in [9.17, 15) is 19.7 Å².